The van der Waals surface area contributed by atoms with E-state index in [-0.39, 0.29) is 5.54 Å². The van der Waals surface area contributed by atoms with Gasteiger partial charge in [0.15, 0.2) is 0 Å². The van der Waals surface area contributed by atoms with Crippen molar-refractivity contribution in [2.24, 2.45) is 0 Å². The summed E-state index contributed by atoms with van der Waals surface area (Å²) in [4.78, 5) is 13.3. The number of rotatable bonds is 5. The number of methoxy groups -OCH3 is 1. The second-order valence-corrected chi connectivity index (χ2v) is 6.90. The molecule has 0 amide bonds. The summed E-state index contributed by atoms with van der Waals surface area (Å²) in [6, 6.07) is 13.5. The van der Waals surface area contributed by atoms with Crippen LogP contribution in [0, 0.1) is 0 Å². The molecule has 134 valence electrons. The average molecular weight is 349 g/mol. The van der Waals surface area contributed by atoms with Crippen molar-refractivity contribution in [3.63, 3.8) is 0 Å². The number of benzene rings is 1. The molecule has 2 heterocycles. The van der Waals surface area contributed by atoms with Gasteiger partial charge in [-0.25, -0.2) is 4.98 Å². The maximum Gasteiger partial charge on any atom is 0.225 e. The van der Waals surface area contributed by atoms with Gasteiger partial charge in [-0.2, -0.15) is 4.98 Å². The van der Waals surface area contributed by atoms with Gasteiger partial charge in [0, 0.05) is 29.6 Å². The van der Waals surface area contributed by atoms with Gasteiger partial charge in [-0.15, -0.1) is 0 Å². The van der Waals surface area contributed by atoms with Gasteiger partial charge in [0.1, 0.15) is 11.6 Å². The molecular formula is C20H23N5O. The van der Waals surface area contributed by atoms with Crippen LogP contribution < -0.4 is 15.4 Å². The number of para-hydroxylation sites is 2. The molecule has 0 saturated carbocycles. The van der Waals surface area contributed by atoms with Gasteiger partial charge in [0.2, 0.25) is 5.95 Å². The number of hydrogen-bond acceptors (Lipinski definition) is 6. The lowest BCUT2D eigenvalue weighted by atomic mass is 10.1. The van der Waals surface area contributed by atoms with Crippen LogP contribution in [-0.2, 0) is 0 Å². The highest BCUT2D eigenvalue weighted by molar-refractivity contribution is 5.69. The van der Waals surface area contributed by atoms with E-state index in [1.54, 1.807) is 19.5 Å². The highest BCUT2D eigenvalue weighted by atomic mass is 16.5. The van der Waals surface area contributed by atoms with Crippen LogP contribution in [0.1, 0.15) is 20.8 Å². The fourth-order valence-corrected chi connectivity index (χ4v) is 2.46. The zero-order valence-electron chi connectivity index (χ0n) is 15.4. The molecule has 3 aromatic rings. The number of aromatic nitrogens is 3. The van der Waals surface area contributed by atoms with Crippen LogP contribution >= 0.6 is 0 Å². The van der Waals surface area contributed by atoms with Crippen LogP contribution in [0.4, 0.5) is 17.5 Å². The van der Waals surface area contributed by atoms with E-state index in [1.807, 2.05) is 42.5 Å². The van der Waals surface area contributed by atoms with Gasteiger partial charge in [-0.05, 0) is 45.0 Å². The van der Waals surface area contributed by atoms with Crippen molar-refractivity contribution < 1.29 is 4.74 Å². The molecule has 0 saturated heterocycles. The minimum Gasteiger partial charge on any atom is -0.495 e. The highest BCUT2D eigenvalue weighted by Gasteiger charge is 2.14. The van der Waals surface area contributed by atoms with Crippen LogP contribution in [0.5, 0.6) is 5.75 Å². The van der Waals surface area contributed by atoms with E-state index in [0.29, 0.717) is 11.8 Å². The first-order valence-electron chi connectivity index (χ1n) is 8.42. The summed E-state index contributed by atoms with van der Waals surface area (Å²) >= 11 is 0. The fourth-order valence-electron chi connectivity index (χ4n) is 2.46. The molecule has 1 aromatic carbocycles. The van der Waals surface area contributed by atoms with E-state index < -0.39 is 0 Å². The molecule has 2 aromatic heterocycles. The van der Waals surface area contributed by atoms with Gasteiger partial charge in [0.25, 0.3) is 0 Å². The molecule has 0 radical (unpaired) electrons. The fraction of sp³-hybridized carbons (Fsp3) is 0.250. The van der Waals surface area contributed by atoms with Crippen LogP contribution in [-0.4, -0.2) is 27.6 Å². The largest absolute Gasteiger partial charge is 0.495 e. The van der Waals surface area contributed by atoms with Gasteiger partial charge >= 0.3 is 0 Å². The minimum absolute atomic E-state index is 0.154. The molecule has 0 bridgehead atoms. The topological polar surface area (TPSA) is 72.0 Å². The first-order chi connectivity index (χ1) is 12.4. The van der Waals surface area contributed by atoms with Gasteiger partial charge < -0.3 is 15.4 Å². The number of hydrogen-bond donors (Lipinski definition) is 2. The highest BCUT2D eigenvalue weighted by Crippen LogP contribution is 2.29. The lowest BCUT2D eigenvalue weighted by molar-refractivity contribution is 0.417. The Morgan fingerprint density at radius 2 is 1.69 bits per heavy atom. The lowest BCUT2D eigenvalue weighted by Crippen LogP contribution is -2.27. The standard InChI is InChI=1S/C20H23N5O/c1-20(2,3)25-19-23-16(14-9-11-21-12-10-14)13-18(24-19)22-15-7-5-6-8-17(15)26-4/h5-13H,1-4H3,(H2,22,23,24,25). The molecule has 26 heavy (non-hydrogen) atoms. The summed E-state index contributed by atoms with van der Waals surface area (Å²) in [6.07, 6.45) is 3.50. The summed E-state index contributed by atoms with van der Waals surface area (Å²) in [5.74, 6) is 1.99. The molecule has 0 aliphatic rings. The molecule has 0 spiro atoms. The third kappa shape index (κ3) is 4.47. The summed E-state index contributed by atoms with van der Waals surface area (Å²) < 4.78 is 5.41. The van der Waals surface area contributed by atoms with Crippen molar-refractivity contribution in [3.05, 3.63) is 54.9 Å². The van der Waals surface area contributed by atoms with Gasteiger partial charge in [-0.3, -0.25) is 4.98 Å². The second kappa shape index (κ2) is 7.39. The Labute approximate surface area is 153 Å². The maximum atomic E-state index is 5.41. The van der Waals surface area contributed by atoms with E-state index in [1.165, 1.54) is 0 Å². The second-order valence-electron chi connectivity index (χ2n) is 6.90. The van der Waals surface area contributed by atoms with Crippen molar-refractivity contribution >= 4 is 17.5 Å². The Bertz CT molecular complexity index is 875. The predicted molar refractivity (Wildman–Crippen MR) is 105 cm³/mol. The summed E-state index contributed by atoms with van der Waals surface area (Å²) in [5.41, 5.74) is 2.48. The van der Waals surface area contributed by atoms with Crippen molar-refractivity contribution in [2.45, 2.75) is 26.3 Å². The molecule has 0 aliphatic carbocycles. The number of nitrogens with zero attached hydrogens (tertiary/aromatic N) is 3. The third-order valence-corrected chi connectivity index (χ3v) is 3.56. The zero-order valence-corrected chi connectivity index (χ0v) is 15.4. The maximum absolute atomic E-state index is 5.41. The van der Waals surface area contributed by atoms with Crippen molar-refractivity contribution in [3.8, 4) is 17.0 Å². The summed E-state index contributed by atoms with van der Waals surface area (Å²) in [6.45, 7) is 6.22. The molecule has 6 heteroatoms. The van der Waals surface area contributed by atoms with Crippen molar-refractivity contribution in [2.75, 3.05) is 17.7 Å². The summed E-state index contributed by atoms with van der Waals surface area (Å²) in [5, 5.41) is 6.66. The normalized spacial score (nSPS) is 11.1. The van der Waals surface area contributed by atoms with E-state index >= 15 is 0 Å². The Morgan fingerprint density at radius 3 is 2.38 bits per heavy atom. The number of anilines is 3. The first kappa shape index (κ1) is 17.7. The molecule has 0 aliphatic heterocycles. The Kier molecular flexibility index (Phi) is 5.02. The molecule has 6 nitrogen and oxygen atoms in total. The number of nitrogens with one attached hydrogen (secondary N) is 2. The van der Waals surface area contributed by atoms with E-state index in [4.69, 9.17) is 4.74 Å². The van der Waals surface area contributed by atoms with E-state index in [0.717, 1.165) is 22.7 Å². The zero-order chi connectivity index (χ0) is 18.6. The average Bonchev–Trinajstić information content (AvgIpc) is 2.61. The Balaban J connectivity index is 2.02. The first-order valence-corrected chi connectivity index (χ1v) is 8.42. The van der Waals surface area contributed by atoms with Gasteiger partial charge in [0.05, 0.1) is 18.5 Å². The van der Waals surface area contributed by atoms with Crippen LogP contribution in [0.15, 0.2) is 54.9 Å². The van der Waals surface area contributed by atoms with E-state index in [2.05, 4.69) is 46.4 Å². The van der Waals surface area contributed by atoms with Crippen LogP contribution in [0.25, 0.3) is 11.3 Å². The molecule has 0 atom stereocenters. The Morgan fingerprint density at radius 1 is 0.962 bits per heavy atom. The van der Waals surface area contributed by atoms with E-state index in [9.17, 15) is 0 Å². The lowest BCUT2D eigenvalue weighted by Gasteiger charge is -2.21. The Hall–Kier alpha value is -3.15. The van der Waals surface area contributed by atoms with Crippen LogP contribution in [0.2, 0.25) is 0 Å². The van der Waals surface area contributed by atoms with Crippen molar-refractivity contribution in [1.82, 2.24) is 15.0 Å². The minimum atomic E-state index is -0.154. The number of pyridine rings is 1. The molecule has 3 rings (SSSR count). The molecule has 2 N–H and O–H groups in total. The van der Waals surface area contributed by atoms with Crippen LogP contribution in [0.3, 0.4) is 0 Å². The molecule has 0 unspecified atom stereocenters. The molecular weight excluding hydrogens is 326 g/mol. The monoisotopic (exact) mass is 349 g/mol. The van der Waals surface area contributed by atoms with Crippen molar-refractivity contribution in [1.29, 1.82) is 0 Å². The SMILES string of the molecule is COc1ccccc1Nc1cc(-c2ccncc2)nc(NC(C)(C)C)n1. The molecule has 0 fully saturated rings. The third-order valence-electron chi connectivity index (χ3n) is 3.56. The predicted octanol–water partition coefficient (Wildman–Crippen LogP) is 4.50. The smallest absolute Gasteiger partial charge is 0.225 e. The van der Waals surface area contributed by atoms with Gasteiger partial charge in [-0.1, -0.05) is 12.1 Å². The quantitative estimate of drug-likeness (QED) is 0.706. The number of ether oxygens (including phenoxy) is 1. The summed E-state index contributed by atoms with van der Waals surface area (Å²) in [7, 11) is 1.65.